The van der Waals surface area contributed by atoms with Crippen LogP contribution < -0.4 is 5.32 Å². The van der Waals surface area contributed by atoms with Gasteiger partial charge in [0.25, 0.3) is 0 Å². The van der Waals surface area contributed by atoms with Crippen LogP contribution in [-0.4, -0.2) is 28.0 Å². The van der Waals surface area contributed by atoms with Crippen LogP contribution in [0.4, 0.5) is 5.13 Å². The van der Waals surface area contributed by atoms with Crippen LogP contribution in [0, 0.1) is 12.8 Å². The molecule has 1 aromatic heterocycles. The highest BCUT2D eigenvalue weighted by Gasteiger charge is 2.27. The van der Waals surface area contributed by atoms with Gasteiger partial charge in [0, 0.05) is 12.6 Å². The molecule has 0 aromatic carbocycles. The van der Waals surface area contributed by atoms with Gasteiger partial charge >= 0.3 is 0 Å². The summed E-state index contributed by atoms with van der Waals surface area (Å²) in [7, 11) is 0. The quantitative estimate of drug-likeness (QED) is 0.823. The molecule has 2 atom stereocenters. The number of aliphatic hydroxyl groups excluding tert-OH is 1. The molecular weight excluding hydrogens is 210 g/mol. The highest BCUT2D eigenvalue weighted by molar-refractivity contribution is 7.15. The Bertz CT molecular complexity index is 315. The van der Waals surface area contributed by atoms with E-state index in [0.29, 0.717) is 12.0 Å². The molecule has 0 radical (unpaired) electrons. The Morgan fingerprint density at radius 2 is 2.33 bits per heavy atom. The molecule has 2 unspecified atom stereocenters. The van der Waals surface area contributed by atoms with E-state index in [1.165, 1.54) is 19.3 Å². The Balaban J connectivity index is 1.93. The maximum atomic E-state index is 8.96. The number of hydrogen-bond donors (Lipinski definition) is 2. The standard InChI is InChI=1S/C10H17N3OS/c1-7-12-13-10(15-7)11-9-4-2-3-8(9)5-6-14/h8-9,14H,2-6H2,1H3,(H,11,13). The lowest BCUT2D eigenvalue weighted by Crippen LogP contribution is -2.24. The first-order valence-electron chi connectivity index (χ1n) is 5.47. The van der Waals surface area contributed by atoms with E-state index in [-0.39, 0.29) is 6.61 Å². The summed E-state index contributed by atoms with van der Waals surface area (Å²) >= 11 is 1.60. The van der Waals surface area contributed by atoms with Crippen molar-refractivity contribution in [3.63, 3.8) is 0 Å². The predicted molar refractivity (Wildman–Crippen MR) is 61.1 cm³/mol. The molecule has 1 heterocycles. The minimum absolute atomic E-state index is 0.290. The summed E-state index contributed by atoms with van der Waals surface area (Å²) in [6, 6.07) is 0.476. The molecule has 5 heteroatoms. The first kappa shape index (κ1) is 10.8. The van der Waals surface area contributed by atoms with Gasteiger partial charge in [0.05, 0.1) is 0 Å². The number of nitrogens with one attached hydrogen (secondary N) is 1. The van der Waals surface area contributed by atoms with E-state index < -0.39 is 0 Å². The van der Waals surface area contributed by atoms with Gasteiger partial charge in [0.2, 0.25) is 5.13 Å². The minimum atomic E-state index is 0.290. The molecule has 1 saturated carbocycles. The number of anilines is 1. The average molecular weight is 227 g/mol. The molecule has 0 amide bonds. The number of aromatic nitrogens is 2. The number of aryl methyl sites for hydroxylation is 1. The Morgan fingerprint density at radius 1 is 1.47 bits per heavy atom. The van der Waals surface area contributed by atoms with Crippen LogP contribution in [-0.2, 0) is 0 Å². The van der Waals surface area contributed by atoms with Crippen LogP contribution in [0.15, 0.2) is 0 Å². The predicted octanol–water partition coefficient (Wildman–Crippen LogP) is 1.81. The molecule has 1 aliphatic carbocycles. The zero-order valence-corrected chi connectivity index (χ0v) is 9.76. The summed E-state index contributed by atoms with van der Waals surface area (Å²) in [4.78, 5) is 0. The number of nitrogens with zero attached hydrogens (tertiary/aromatic N) is 2. The second-order valence-electron chi connectivity index (χ2n) is 4.08. The Morgan fingerprint density at radius 3 is 3.00 bits per heavy atom. The first-order valence-corrected chi connectivity index (χ1v) is 6.28. The van der Waals surface area contributed by atoms with Crippen molar-refractivity contribution in [1.29, 1.82) is 0 Å². The minimum Gasteiger partial charge on any atom is -0.396 e. The zero-order chi connectivity index (χ0) is 10.7. The lowest BCUT2D eigenvalue weighted by molar-refractivity contribution is 0.254. The van der Waals surface area contributed by atoms with Crippen molar-refractivity contribution in [2.75, 3.05) is 11.9 Å². The van der Waals surface area contributed by atoms with Crippen LogP contribution in [0.25, 0.3) is 0 Å². The van der Waals surface area contributed by atoms with Gasteiger partial charge in [-0.3, -0.25) is 0 Å². The fourth-order valence-corrected chi connectivity index (χ4v) is 2.91. The summed E-state index contributed by atoms with van der Waals surface area (Å²) < 4.78 is 0. The maximum absolute atomic E-state index is 8.96. The Labute approximate surface area is 93.7 Å². The van der Waals surface area contributed by atoms with Crippen molar-refractivity contribution >= 4 is 16.5 Å². The summed E-state index contributed by atoms with van der Waals surface area (Å²) in [5.41, 5.74) is 0. The highest BCUT2D eigenvalue weighted by atomic mass is 32.1. The molecule has 15 heavy (non-hydrogen) atoms. The summed E-state index contributed by atoms with van der Waals surface area (Å²) in [6.45, 7) is 2.25. The number of aliphatic hydroxyl groups is 1. The molecule has 0 aliphatic heterocycles. The first-order chi connectivity index (χ1) is 7.29. The molecule has 4 nitrogen and oxygen atoms in total. The fourth-order valence-electron chi connectivity index (χ4n) is 2.25. The topological polar surface area (TPSA) is 58.0 Å². The summed E-state index contributed by atoms with van der Waals surface area (Å²) in [5.74, 6) is 0.596. The fraction of sp³-hybridized carbons (Fsp3) is 0.800. The molecule has 1 fully saturated rings. The summed E-state index contributed by atoms with van der Waals surface area (Å²) in [5, 5.41) is 22.4. The van der Waals surface area contributed by atoms with E-state index in [0.717, 1.165) is 16.6 Å². The molecule has 1 aromatic rings. The molecule has 2 rings (SSSR count). The Kier molecular flexibility index (Phi) is 3.53. The van der Waals surface area contributed by atoms with Gasteiger partial charge in [0.1, 0.15) is 5.01 Å². The normalized spacial score (nSPS) is 25.7. The van der Waals surface area contributed by atoms with E-state index in [2.05, 4.69) is 15.5 Å². The van der Waals surface area contributed by atoms with E-state index in [1.807, 2.05) is 6.92 Å². The van der Waals surface area contributed by atoms with Gasteiger partial charge in [-0.1, -0.05) is 17.8 Å². The molecule has 0 bridgehead atoms. The third-order valence-electron chi connectivity index (χ3n) is 2.99. The van der Waals surface area contributed by atoms with Crippen molar-refractivity contribution in [3.05, 3.63) is 5.01 Å². The molecule has 0 spiro atoms. The molecule has 1 aliphatic rings. The third kappa shape index (κ3) is 2.66. The monoisotopic (exact) mass is 227 g/mol. The van der Waals surface area contributed by atoms with Crippen LogP contribution in [0.3, 0.4) is 0 Å². The van der Waals surface area contributed by atoms with Gasteiger partial charge in [-0.25, -0.2) is 0 Å². The van der Waals surface area contributed by atoms with E-state index in [4.69, 9.17) is 5.11 Å². The van der Waals surface area contributed by atoms with Crippen LogP contribution >= 0.6 is 11.3 Å². The van der Waals surface area contributed by atoms with E-state index in [1.54, 1.807) is 11.3 Å². The molecule has 0 saturated heterocycles. The smallest absolute Gasteiger partial charge is 0.205 e. The lowest BCUT2D eigenvalue weighted by atomic mass is 10.0. The summed E-state index contributed by atoms with van der Waals surface area (Å²) in [6.07, 6.45) is 4.55. The molecule has 84 valence electrons. The van der Waals surface area contributed by atoms with Crippen LogP contribution in [0.5, 0.6) is 0 Å². The van der Waals surface area contributed by atoms with Gasteiger partial charge < -0.3 is 10.4 Å². The largest absolute Gasteiger partial charge is 0.396 e. The Hall–Kier alpha value is -0.680. The van der Waals surface area contributed by atoms with Crippen molar-refractivity contribution in [2.45, 2.75) is 38.6 Å². The highest BCUT2D eigenvalue weighted by Crippen LogP contribution is 2.31. The molecule has 2 N–H and O–H groups in total. The van der Waals surface area contributed by atoms with Crippen molar-refractivity contribution < 1.29 is 5.11 Å². The SMILES string of the molecule is Cc1nnc(NC2CCCC2CCO)s1. The second-order valence-corrected chi connectivity index (χ2v) is 5.26. The number of rotatable bonds is 4. The molecular formula is C10H17N3OS. The van der Waals surface area contributed by atoms with Crippen LogP contribution in [0.2, 0.25) is 0 Å². The van der Waals surface area contributed by atoms with Gasteiger partial charge in [-0.05, 0) is 32.1 Å². The average Bonchev–Trinajstić information content (AvgIpc) is 2.78. The zero-order valence-electron chi connectivity index (χ0n) is 8.94. The number of hydrogen-bond acceptors (Lipinski definition) is 5. The van der Waals surface area contributed by atoms with Crippen molar-refractivity contribution in [2.24, 2.45) is 5.92 Å². The van der Waals surface area contributed by atoms with Crippen molar-refractivity contribution in [3.8, 4) is 0 Å². The van der Waals surface area contributed by atoms with E-state index >= 15 is 0 Å². The lowest BCUT2D eigenvalue weighted by Gasteiger charge is -2.19. The van der Waals surface area contributed by atoms with Gasteiger partial charge in [-0.2, -0.15) is 0 Å². The van der Waals surface area contributed by atoms with Crippen LogP contribution in [0.1, 0.15) is 30.7 Å². The van der Waals surface area contributed by atoms with Gasteiger partial charge in [0.15, 0.2) is 0 Å². The second kappa shape index (κ2) is 4.90. The van der Waals surface area contributed by atoms with E-state index in [9.17, 15) is 0 Å². The third-order valence-corrected chi connectivity index (χ3v) is 3.76. The van der Waals surface area contributed by atoms with Crippen molar-refractivity contribution in [1.82, 2.24) is 10.2 Å². The van der Waals surface area contributed by atoms with Gasteiger partial charge in [-0.15, -0.1) is 10.2 Å². The maximum Gasteiger partial charge on any atom is 0.205 e.